The van der Waals surface area contributed by atoms with Gasteiger partial charge in [-0.3, -0.25) is 14.1 Å². The summed E-state index contributed by atoms with van der Waals surface area (Å²) in [5.74, 6) is -1.97. The topological polar surface area (TPSA) is 107 Å². The molecule has 2 aromatic carbocycles. The molecule has 1 unspecified atom stereocenters. The molecule has 0 aliphatic carbocycles. The monoisotopic (exact) mass is 430 g/mol. The van der Waals surface area contributed by atoms with Crippen LogP contribution in [0.25, 0.3) is 0 Å². The lowest BCUT2D eigenvalue weighted by Gasteiger charge is -2.15. The zero-order valence-electron chi connectivity index (χ0n) is 16.2. The molecule has 0 spiro atoms. The second-order valence-electron chi connectivity index (χ2n) is 6.30. The number of hydrogen-bond donors (Lipinski definition) is 1. The van der Waals surface area contributed by atoms with Crippen LogP contribution in [0, 0.1) is 0 Å². The predicted molar refractivity (Wildman–Crippen MR) is 112 cm³/mol. The molecule has 2 rings (SSSR count). The van der Waals surface area contributed by atoms with E-state index in [1.165, 1.54) is 12.1 Å². The van der Waals surface area contributed by atoms with Crippen molar-refractivity contribution >= 4 is 22.1 Å². The van der Waals surface area contributed by atoms with Gasteiger partial charge in [-0.1, -0.05) is 48.6 Å². The number of carbonyl (C=O) groups excluding carboxylic acids is 2. The lowest BCUT2D eigenvalue weighted by molar-refractivity contribution is -0.140. The fourth-order valence-electron chi connectivity index (χ4n) is 2.66. The van der Waals surface area contributed by atoms with Crippen molar-refractivity contribution in [1.82, 2.24) is 0 Å². The average molecular weight is 430 g/mol. The van der Waals surface area contributed by atoms with Crippen molar-refractivity contribution in [3.05, 3.63) is 85.0 Å². The minimum Gasteiger partial charge on any atom is -0.426 e. The summed E-state index contributed by atoms with van der Waals surface area (Å²) < 4.78 is 43.3. The zero-order valence-corrected chi connectivity index (χ0v) is 17.0. The van der Waals surface area contributed by atoms with E-state index < -0.39 is 33.7 Å². The van der Waals surface area contributed by atoms with Gasteiger partial charge in [0.1, 0.15) is 11.5 Å². The molecule has 0 aliphatic heterocycles. The minimum atomic E-state index is -4.93. The molecule has 158 valence electrons. The summed E-state index contributed by atoms with van der Waals surface area (Å²) in [6.45, 7) is 7.23. The Hall–Kier alpha value is -3.23. The number of para-hydroxylation sites is 2. The number of benzene rings is 2. The molecule has 1 N–H and O–H groups in total. The maximum absolute atomic E-state index is 12.5. The molecule has 0 fully saturated rings. The molecule has 0 saturated heterocycles. The van der Waals surface area contributed by atoms with Crippen molar-refractivity contribution in [2.75, 3.05) is 0 Å². The van der Waals surface area contributed by atoms with Crippen molar-refractivity contribution in [1.29, 1.82) is 0 Å². The highest BCUT2D eigenvalue weighted by molar-refractivity contribution is 7.87. The summed E-state index contributed by atoms with van der Waals surface area (Å²) >= 11 is 0. The standard InChI is InChI=1S/C22H22O7S/c1-3-9-16-11-5-7-13-18(16)28-21(23)15-20(30(25,26)27)22(24)29-19-14-8-6-12-17(19)10-4-2/h3-8,11-14,20H,1-2,9-10,15H2,(H,25,26,27). The van der Waals surface area contributed by atoms with Crippen LogP contribution in [-0.2, 0) is 32.5 Å². The largest absolute Gasteiger partial charge is 0.426 e. The van der Waals surface area contributed by atoms with Crippen molar-refractivity contribution in [3.63, 3.8) is 0 Å². The molecule has 30 heavy (non-hydrogen) atoms. The highest BCUT2D eigenvalue weighted by Crippen LogP contribution is 2.22. The van der Waals surface area contributed by atoms with Crippen LogP contribution in [0.3, 0.4) is 0 Å². The molecule has 0 aliphatic rings. The van der Waals surface area contributed by atoms with Crippen LogP contribution < -0.4 is 9.47 Å². The van der Waals surface area contributed by atoms with E-state index in [0.717, 1.165) is 0 Å². The van der Waals surface area contributed by atoms with Crippen LogP contribution in [-0.4, -0.2) is 30.2 Å². The van der Waals surface area contributed by atoms with Crippen LogP contribution in [0.4, 0.5) is 0 Å². The van der Waals surface area contributed by atoms with Gasteiger partial charge in [0.25, 0.3) is 10.1 Å². The number of ether oxygens (including phenoxy) is 2. The number of esters is 2. The van der Waals surface area contributed by atoms with Gasteiger partial charge in [-0.2, -0.15) is 8.42 Å². The highest BCUT2D eigenvalue weighted by atomic mass is 32.2. The van der Waals surface area contributed by atoms with Crippen LogP contribution >= 0.6 is 0 Å². The van der Waals surface area contributed by atoms with E-state index in [9.17, 15) is 22.6 Å². The first-order valence-electron chi connectivity index (χ1n) is 9.02. The molecule has 2 aromatic rings. The van der Waals surface area contributed by atoms with Crippen molar-refractivity contribution in [2.45, 2.75) is 24.5 Å². The fraction of sp³-hybridized carbons (Fsp3) is 0.182. The third-order valence-corrected chi connectivity index (χ3v) is 5.16. The summed E-state index contributed by atoms with van der Waals surface area (Å²) in [5, 5.41) is -2.13. The lowest BCUT2D eigenvalue weighted by atomic mass is 10.1. The zero-order chi connectivity index (χ0) is 22.1. The number of allylic oxidation sites excluding steroid dienone is 2. The Morgan fingerprint density at radius 2 is 1.37 bits per heavy atom. The maximum atomic E-state index is 12.5. The van der Waals surface area contributed by atoms with Gasteiger partial charge in [-0.05, 0) is 36.1 Å². The van der Waals surface area contributed by atoms with Gasteiger partial charge in [0.05, 0.1) is 6.42 Å². The Kier molecular flexibility index (Phi) is 8.08. The average Bonchev–Trinajstić information content (AvgIpc) is 2.68. The van der Waals surface area contributed by atoms with Crippen molar-refractivity contribution < 1.29 is 32.0 Å². The first-order valence-corrected chi connectivity index (χ1v) is 10.5. The number of hydrogen-bond acceptors (Lipinski definition) is 6. The molecule has 0 saturated carbocycles. The summed E-state index contributed by atoms with van der Waals surface area (Å²) in [5.41, 5.74) is 1.25. The van der Waals surface area contributed by atoms with Gasteiger partial charge in [0, 0.05) is 0 Å². The van der Waals surface area contributed by atoms with Crippen molar-refractivity contribution in [3.8, 4) is 11.5 Å². The smallest absolute Gasteiger partial charge is 0.332 e. The van der Waals surface area contributed by atoms with E-state index >= 15 is 0 Å². The van der Waals surface area contributed by atoms with Gasteiger partial charge < -0.3 is 9.47 Å². The Labute approximate surface area is 175 Å². The quantitative estimate of drug-likeness (QED) is 0.267. The molecular weight excluding hydrogens is 408 g/mol. The van der Waals surface area contributed by atoms with Gasteiger partial charge in [-0.25, -0.2) is 0 Å². The van der Waals surface area contributed by atoms with E-state index in [-0.39, 0.29) is 11.5 Å². The normalized spacial score (nSPS) is 11.9. The highest BCUT2D eigenvalue weighted by Gasteiger charge is 2.36. The Bertz CT molecular complexity index is 1040. The minimum absolute atomic E-state index is 0.112. The Balaban J connectivity index is 2.19. The van der Waals surface area contributed by atoms with E-state index in [1.54, 1.807) is 48.6 Å². The third kappa shape index (κ3) is 6.40. The Morgan fingerprint density at radius 3 is 1.83 bits per heavy atom. The van der Waals surface area contributed by atoms with Gasteiger partial charge in [-0.15, -0.1) is 13.2 Å². The van der Waals surface area contributed by atoms with Crippen LogP contribution in [0.15, 0.2) is 73.8 Å². The second-order valence-corrected chi connectivity index (χ2v) is 7.90. The fourth-order valence-corrected chi connectivity index (χ4v) is 3.29. The van der Waals surface area contributed by atoms with E-state index in [0.29, 0.717) is 24.0 Å². The maximum Gasteiger partial charge on any atom is 0.332 e. The summed E-state index contributed by atoms with van der Waals surface area (Å²) in [6.07, 6.45) is 3.09. The van der Waals surface area contributed by atoms with Crippen molar-refractivity contribution in [2.24, 2.45) is 0 Å². The summed E-state index contributed by atoms with van der Waals surface area (Å²) in [6, 6.07) is 13.1. The second kappa shape index (κ2) is 10.5. The molecule has 8 heteroatoms. The first kappa shape index (κ1) is 23.1. The predicted octanol–water partition coefficient (Wildman–Crippen LogP) is 3.30. The van der Waals surface area contributed by atoms with Crippen LogP contribution in [0.5, 0.6) is 11.5 Å². The third-order valence-electron chi connectivity index (χ3n) is 4.08. The molecule has 0 radical (unpaired) electrons. The van der Waals surface area contributed by atoms with E-state index in [1.807, 2.05) is 0 Å². The molecule has 0 bridgehead atoms. The van der Waals surface area contributed by atoms with E-state index in [4.69, 9.17) is 9.47 Å². The van der Waals surface area contributed by atoms with E-state index in [2.05, 4.69) is 13.2 Å². The Morgan fingerprint density at radius 1 is 0.900 bits per heavy atom. The summed E-state index contributed by atoms with van der Waals surface area (Å²) in [4.78, 5) is 24.8. The number of rotatable bonds is 10. The molecule has 0 aromatic heterocycles. The summed E-state index contributed by atoms with van der Waals surface area (Å²) in [7, 11) is -4.93. The van der Waals surface area contributed by atoms with Gasteiger partial charge in [0.2, 0.25) is 0 Å². The van der Waals surface area contributed by atoms with Gasteiger partial charge >= 0.3 is 11.9 Å². The van der Waals surface area contributed by atoms with Crippen LogP contribution in [0.1, 0.15) is 17.5 Å². The van der Waals surface area contributed by atoms with Crippen LogP contribution in [0.2, 0.25) is 0 Å². The SMILES string of the molecule is C=CCc1ccccc1OC(=O)CC(C(=O)Oc1ccccc1CC=C)S(=O)(=O)O. The van der Waals surface area contributed by atoms with Gasteiger partial charge in [0.15, 0.2) is 5.25 Å². The first-order chi connectivity index (χ1) is 14.3. The molecule has 1 atom stereocenters. The molecule has 7 nitrogen and oxygen atoms in total. The number of carbonyl (C=O) groups is 2. The molecular formula is C22H22O7S. The molecule has 0 amide bonds. The lowest BCUT2D eigenvalue weighted by Crippen LogP contribution is -2.36. The molecule has 0 heterocycles.